The molecule has 9 aromatic carbocycles. The topological polar surface area (TPSA) is 9.86 Å². The molecule has 0 saturated carbocycles. The number of benzene rings is 9. The van der Waals surface area contributed by atoms with E-state index in [1.54, 1.807) is 0 Å². The van der Waals surface area contributed by atoms with Gasteiger partial charge in [0, 0.05) is 42.7 Å². The van der Waals surface area contributed by atoms with Crippen molar-refractivity contribution < 1.29 is 0 Å². The number of fused-ring (bicyclic) bond motifs is 10. The average Bonchev–Trinajstić information content (AvgIpc) is 3.90. The molecule has 0 bridgehead atoms. The lowest BCUT2D eigenvalue weighted by Gasteiger charge is -2.11. The van der Waals surface area contributed by atoms with Gasteiger partial charge in [-0.05, 0) is 99.8 Å². The molecule has 3 heteroatoms. The molecule has 55 heavy (non-hydrogen) atoms. The predicted molar refractivity (Wildman–Crippen MR) is 236 cm³/mol. The maximum atomic E-state index is 2.50. The normalized spacial score (nSPS) is 12.0. The standard InChI is InChI=1S/C52H32N2S/c1-3-12-33(13-4-1)38-22-25-40-43-29-36(23-26-46(43)53(49(40)32-38)39-16-5-2-6-17-39)37-24-27-47-44(30-37)45-28-34-14-7-8-15-35(34)31-50(45)54(47)48-20-11-19-42-41-18-9-10-21-51(41)55-52(42)48/h1-32H. The van der Waals surface area contributed by atoms with Crippen LogP contribution >= 0.6 is 11.3 Å². The van der Waals surface area contributed by atoms with Crippen LogP contribution in [-0.2, 0) is 0 Å². The van der Waals surface area contributed by atoms with Crippen molar-refractivity contribution in [2.45, 2.75) is 0 Å². The highest BCUT2D eigenvalue weighted by Gasteiger charge is 2.19. The van der Waals surface area contributed by atoms with Crippen LogP contribution in [0.5, 0.6) is 0 Å². The lowest BCUT2D eigenvalue weighted by Crippen LogP contribution is -1.94. The first kappa shape index (κ1) is 30.5. The van der Waals surface area contributed by atoms with Crippen molar-refractivity contribution in [3.05, 3.63) is 194 Å². The maximum absolute atomic E-state index is 2.50. The zero-order valence-electron chi connectivity index (χ0n) is 29.8. The maximum Gasteiger partial charge on any atom is 0.0640 e. The Labute approximate surface area is 321 Å². The van der Waals surface area contributed by atoms with Crippen LogP contribution in [-0.4, -0.2) is 9.13 Å². The molecule has 3 heterocycles. The molecule has 0 aliphatic heterocycles. The summed E-state index contributed by atoms with van der Waals surface area (Å²) >= 11 is 1.89. The zero-order valence-corrected chi connectivity index (χ0v) is 30.6. The minimum atomic E-state index is 1.16. The van der Waals surface area contributed by atoms with Crippen LogP contribution in [0.2, 0.25) is 0 Å². The van der Waals surface area contributed by atoms with Gasteiger partial charge >= 0.3 is 0 Å². The minimum Gasteiger partial charge on any atom is -0.309 e. The highest BCUT2D eigenvalue weighted by Crippen LogP contribution is 2.43. The Morgan fingerprint density at radius 2 is 0.891 bits per heavy atom. The fourth-order valence-electron chi connectivity index (χ4n) is 8.92. The molecule has 0 amide bonds. The SMILES string of the molecule is c1ccc(-c2ccc3c4cc(-c5ccc6c(c5)c5cc7ccccc7cc5n6-c5cccc6c5sc5ccccc56)ccc4n(-c4ccccc4)c3c2)cc1. The van der Waals surface area contributed by atoms with E-state index in [-0.39, 0.29) is 0 Å². The highest BCUT2D eigenvalue weighted by atomic mass is 32.1. The van der Waals surface area contributed by atoms with Crippen molar-refractivity contribution in [1.29, 1.82) is 0 Å². The van der Waals surface area contributed by atoms with E-state index in [0.717, 1.165) is 5.69 Å². The van der Waals surface area contributed by atoms with E-state index in [1.165, 1.54) is 102 Å². The van der Waals surface area contributed by atoms with E-state index < -0.39 is 0 Å². The van der Waals surface area contributed by atoms with Crippen molar-refractivity contribution in [1.82, 2.24) is 9.13 Å². The van der Waals surface area contributed by atoms with Gasteiger partial charge in [0.1, 0.15) is 0 Å². The Kier molecular flexibility index (Phi) is 6.54. The van der Waals surface area contributed by atoms with E-state index in [4.69, 9.17) is 0 Å². The second-order valence-corrected chi connectivity index (χ2v) is 15.6. The molecule has 2 nitrogen and oxygen atoms in total. The molecular weight excluding hydrogens is 685 g/mol. The number of para-hydroxylation sites is 1. The van der Waals surface area contributed by atoms with Crippen LogP contribution in [0.4, 0.5) is 0 Å². The number of rotatable bonds is 4. The fourth-order valence-corrected chi connectivity index (χ4v) is 10.1. The zero-order chi connectivity index (χ0) is 36.0. The molecule has 12 rings (SSSR count). The van der Waals surface area contributed by atoms with E-state index >= 15 is 0 Å². The lowest BCUT2D eigenvalue weighted by atomic mass is 9.99. The summed E-state index contributed by atoms with van der Waals surface area (Å²) in [6.07, 6.45) is 0. The summed E-state index contributed by atoms with van der Waals surface area (Å²) in [5.74, 6) is 0. The molecule has 0 unspecified atom stereocenters. The molecule has 12 aromatic rings. The Balaban J connectivity index is 1.10. The van der Waals surface area contributed by atoms with E-state index in [2.05, 4.69) is 203 Å². The predicted octanol–water partition coefficient (Wildman–Crippen LogP) is 14.7. The first-order chi connectivity index (χ1) is 27.3. The van der Waals surface area contributed by atoms with E-state index in [1.807, 2.05) is 11.3 Å². The monoisotopic (exact) mass is 716 g/mol. The molecule has 3 aromatic heterocycles. The van der Waals surface area contributed by atoms with Crippen LogP contribution in [0.25, 0.3) is 108 Å². The van der Waals surface area contributed by atoms with Gasteiger partial charge in [-0.2, -0.15) is 0 Å². The first-order valence-electron chi connectivity index (χ1n) is 18.8. The Morgan fingerprint density at radius 3 is 1.69 bits per heavy atom. The minimum absolute atomic E-state index is 1.16. The van der Waals surface area contributed by atoms with Crippen molar-refractivity contribution >= 4 is 85.9 Å². The fraction of sp³-hybridized carbons (Fsp3) is 0. The average molecular weight is 717 g/mol. The van der Waals surface area contributed by atoms with Gasteiger partial charge in [0.25, 0.3) is 0 Å². The highest BCUT2D eigenvalue weighted by molar-refractivity contribution is 7.26. The van der Waals surface area contributed by atoms with Gasteiger partial charge < -0.3 is 9.13 Å². The van der Waals surface area contributed by atoms with Gasteiger partial charge in [0.2, 0.25) is 0 Å². The van der Waals surface area contributed by atoms with Gasteiger partial charge in [0.05, 0.1) is 32.5 Å². The summed E-state index contributed by atoms with van der Waals surface area (Å²) in [4.78, 5) is 0. The van der Waals surface area contributed by atoms with Crippen molar-refractivity contribution in [3.8, 4) is 33.6 Å². The number of hydrogen-bond donors (Lipinski definition) is 0. The molecule has 0 atom stereocenters. The molecule has 0 aliphatic carbocycles. The smallest absolute Gasteiger partial charge is 0.0640 e. The van der Waals surface area contributed by atoms with Gasteiger partial charge in [0.15, 0.2) is 0 Å². The van der Waals surface area contributed by atoms with Crippen molar-refractivity contribution in [2.75, 3.05) is 0 Å². The molecule has 0 aliphatic rings. The third-order valence-electron chi connectivity index (χ3n) is 11.5. The summed E-state index contributed by atoms with van der Waals surface area (Å²) in [6.45, 7) is 0. The van der Waals surface area contributed by atoms with E-state index in [0.29, 0.717) is 0 Å². The quantitative estimate of drug-likeness (QED) is 0.172. The second kappa shape index (κ2) is 11.8. The summed E-state index contributed by atoms with van der Waals surface area (Å²) in [5, 5.41) is 10.2. The molecule has 256 valence electrons. The number of hydrogen-bond acceptors (Lipinski definition) is 1. The second-order valence-electron chi connectivity index (χ2n) is 14.5. The van der Waals surface area contributed by atoms with Gasteiger partial charge in [-0.15, -0.1) is 11.3 Å². The molecule has 0 spiro atoms. The summed E-state index contributed by atoms with van der Waals surface area (Å²) in [5.41, 5.74) is 12.1. The van der Waals surface area contributed by atoms with Crippen LogP contribution in [0, 0.1) is 0 Å². The van der Waals surface area contributed by atoms with Crippen LogP contribution in [0.15, 0.2) is 194 Å². The van der Waals surface area contributed by atoms with Crippen LogP contribution in [0.3, 0.4) is 0 Å². The summed E-state index contributed by atoms with van der Waals surface area (Å²) < 4.78 is 7.55. The molecule has 0 N–H and O–H groups in total. The number of nitrogens with zero attached hydrogens (tertiary/aromatic N) is 2. The van der Waals surface area contributed by atoms with E-state index in [9.17, 15) is 0 Å². The Bertz CT molecular complexity index is 3470. The molecule has 0 saturated heterocycles. The van der Waals surface area contributed by atoms with Gasteiger partial charge in [-0.25, -0.2) is 0 Å². The van der Waals surface area contributed by atoms with Crippen molar-refractivity contribution in [2.24, 2.45) is 0 Å². The molecule has 0 fully saturated rings. The largest absolute Gasteiger partial charge is 0.309 e. The van der Waals surface area contributed by atoms with Crippen LogP contribution in [0.1, 0.15) is 0 Å². The summed E-state index contributed by atoms with van der Waals surface area (Å²) in [6, 6.07) is 71.5. The Hall–Kier alpha value is -6.94. The van der Waals surface area contributed by atoms with Gasteiger partial charge in [-0.1, -0.05) is 127 Å². The van der Waals surface area contributed by atoms with Crippen LogP contribution < -0.4 is 0 Å². The number of aromatic nitrogens is 2. The Morgan fingerprint density at radius 1 is 0.309 bits per heavy atom. The summed E-state index contributed by atoms with van der Waals surface area (Å²) in [7, 11) is 0. The van der Waals surface area contributed by atoms with Gasteiger partial charge in [-0.3, -0.25) is 0 Å². The third kappa shape index (κ3) is 4.60. The van der Waals surface area contributed by atoms with Crippen molar-refractivity contribution in [3.63, 3.8) is 0 Å². The third-order valence-corrected chi connectivity index (χ3v) is 12.7. The molecular formula is C52H32N2S. The first-order valence-corrected chi connectivity index (χ1v) is 19.7. The number of thiophene rings is 1. The lowest BCUT2D eigenvalue weighted by molar-refractivity contribution is 1.18. The molecule has 0 radical (unpaired) electrons.